The Morgan fingerprint density at radius 2 is 1.95 bits per heavy atom. The maximum atomic E-state index is 13.0. The third-order valence-electron chi connectivity index (χ3n) is 3.47. The molecule has 0 saturated heterocycles. The second-order valence-corrected chi connectivity index (χ2v) is 4.92. The summed E-state index contributed by atoms with van der Waals surface area (Å²) in [6.07, 6.45) is 1.30. The summed E-state index contributed by atoms with van der Waals surface area (Å²) in [5.74, 6) is -1.55. The van der Waals surface area contributed by atoms with Crippen molar-refractivity contribution in [2.75, 3.05) is 5.32 Å². The average molecular weight is 288 g/mol. The van der Waals surface area contributed by atoms with Crippen LogP contribution in [-0.4, -0.2) is 16.1 Å². The Morgan fingerprint density at radius 3 is 2.43 bits per heavy atom. The van der Waals surface area contributed by atoms with E-state index in [1.165, 1.54) is 12.1 Å². The van der Waals surface area contributed by atoms with Gasteiger partial charge < -0.3 is 10.4 Å². The van der Waals surface area contributed by atoms with Crippen molar-refractivity contribution in [1.29, 1.82) is 0 Å². The molecule has 2 rings (SSSR count). The van der Waals surface area contributed by atoms with Crippen LogP contribution in [0.15, 0.2) is 42.6 Å². The van der Waals surface area contributed by atoms with Crippen molar-refractivity contribution in [1.82, 2.24) is 4.98 Å². The van der Waals surface area contributed by atoms with Gasteiger partial charge in [-0.05, 0) is 37.6 Å². The molecule has 0 fully saturated rings. The summed E-state index contributed by atoms with van der Waals surface area (Å²) in [7, 11) is 0. The summed E-state index contributed by atoms with van der Waals surface area (Å²) in [6, 6.07) is 10.0. The second kappa shape index (κ2) is 5.91. The van der Waals surface area contributed by atoms with Gasteiger partial charge in [-0.1, -0.05) is 24.6 Å². The first-order valence-electron chi connectivity index (χ1n) is 6.68. The molecule has 1 aromatic carbocycles. The Labute approximate surface area is 122 Å². The van der Waals surface area contributed by atoms with Gasteiger partial charge in [0.05, 0.1) is 11.9 Å². The maximum absolute atomic E-state index is 13.0. The lowest BCUT2D eigenvalue weighted by Gasteiger charge is -2.30. The molecule has 0 saturated carbocycles. The van der Waals surface area contributed by atoms with Crippen molar-refractivity contribution in [3.63, 3.8) is 0 Å². The van der Waals surface area contributed by atoms with E-state index in [0.717, 1.165) is 11.8 Å². The number of hydrogen-bond acceptors (Lipinski definition) is 3. The highest BCUT2D eigenvalue weighted by Crippen LogP contribution is 2.29. The summed E-state index contributed by atoms with van der Waals surface area (Å²) in [4.78, 5) is 15.8. The Bertz CT molecular complexity index is 626. The van der Waals surface area contributed by atoms with Crippen LogP contribution in [-0.2, 0) is 10.3 Å². The van der Waals surface area contributed by atoms with Crippen molar-refractivity contribution in [2.24, 2.45) is 0 Å². The molecule has 5 heteroatoms. The standard InChI is InChI=1S/C16H17FN2O2/c1-3-16(15(20)21,14-9-6-12(17)10-18-14)19-13-7-4-11(2)5-8-13/h4-10,19H,3H2,1-2H3,(H,20,21). The molecule has 0 aliphatic carbocycles. The number of benzene rings is 1. The molecule has 1 atom stereocenters. The summed E-state index contributed by atoms with van der Waals surface area (Å²) >= 11 is 0. The fraction of sp³-hybridized carbons (Fsp3) is 0.250. The molecule has 0 aliphatic heterocycles. The fourth-order valence-electron chi connectivity index (χ4n) is 2.16. The number of aromatic nitrogens is 1. The Balaban J connectivity index is 2.44. The highest BCUT2D eigenvalue weighted by Gasteiger charge is 2.40. The molecule has 0 radical (unpaired) electrons. The van der Waals surface area contributed by atoms with Gasteiger partial charge in [0.1, 0.15) is 5.82 Å². The lowest BCUT2D eigenvalue weighted by Crippen LogP contribution is -2.43. The number of carbonyl (C=O) groups is 1. The first-order valence-corrected chi connectivity index (χ1v) is 6.68. The van der Waals surface area contributed by atoms with Gasteiger partial charge in [0.2, 0.25) is 0 Å². The number of rotatable bonds is 5. The molecule has 1 unspecified atom stereocenters. The van der Waals surface area contributed by atoms with Gasteiger partial charge in [-0.15, -0.1) is 0 Å². The normalized spacial score (nSPS) is 13.5. The van der Waals surface area contributed by atoms with Gasteiger partial charge in [-0.2, -0.15) is 0 Å². The second-order valence-electron chi connectivity index (χ2n) is 4.92. The minimum Gasteiger partial charge on any atom is -0.479 e. The zero-order valence-corrected chi connectivity index (χ0v) is 11.9. The van der Waals surface area contributed by atoms with Gasteiger partial charge in [-0.25, -0.2) is 9.18 Å². The summed E-state index contributed by atoms with van der Waals surface area (Å²) < 4.78 is 13.0. The van der Waals surface area contributed by atoms with Crippen molar-refractivity contribution >= 4 is 11.7 Å². The van der Waals surface area contributed by atoms with E-state index in [0.29, 0.717) is 5.69 Å². The molecule has 1 aromatic heterocycles. The predicted molar refractivity (Wildman–Crippen MR) is 78.6 cm³/mol. The highest BCUT2D eigenvalue weighted by atomic mass is 19.1. The lowest BCUT2D eigenvalue weighted by molar-refractivity contribution is -0.143. The van der Waals surface area contributed by atoms with E-state index in [1.54, 1.807) is 6.92 Å². The molecule has 110 valence electrons. The number of carboxylic acid groups (broad SMARTS) is 1. The fourth-order valence-corrected chi connectivity index (χ4v) is 2.16. The van der Waals surface area contributed by atoms with Gasteiger partial charge in [0.15, 0.2) is 5.54 Å². The third-order valence-corrected chi connectivity index (χ3v) is 3.47. The third kappa shape index (κ3) is 3.02. The summed E-state index contributed by atoms with van der Waals surface area (Å²) in [6.45, 7) is 3.70. The summed E-state index contributed by atoms with van der Waals surface area (Å²) in [5.41, 5.74) is 0.650. The van der Waals surface area contributed by atoms with Crippen LogP contribution in [0.4, 0.5) is 10.1 Å². The van der Waals surface area contributed by atoms with E-state index >= 15 is 0 Å². The number of aliphatic carboxylic acids is 1. The van der Waals surface area contributed by atoms with Gasteiger partial charge >= 0.3 is 5.97 Å². The van der Waals surface area contributed by atoms with Crippen LogP contribution in [0.1, 0.15) is 24.6 Å². The smallest absolute Gasteiger partial charge is 0.335 e. The number of halogens is 1. The van der Waals surface area contributed by atoms with Crippen LogP contribution in [0.3, 0.4) is 0 Å². The molecule has 0 amide bonds. The molecular formula is C16H17FN2O2. The first kappa shape index (κ1) is 15.0. The van der Waals surface area contributed by atoms with Crippen molar-refractivity contribution in [3.05, 3.63) is 59.7 Å². The number of pyridine rings is 1. The minimum absolute atomic E-state index is 0.273. The van der Waals surface area contributed by atoms with Gasteiger partial charge in [-0.3, -0.25) is 4.98 Å². The Hall–Kier alpha value is -2.43. The van der Waals surface area contributed by atoms with Gasteiger partial charge in [0, 0.05) is 5.69 Å². The molecule has 1 heterocycles. The average Bonchev–Trinajstić information content (AvgIpc) is 2.47. The molecule has 4 nitrogen and oxygen atoms in total. The van der Waals surface area contributed by atoms with E-state index in [1.807, 2.05) is 31.2 Å². The van der Waals surface area contributed by atoms with E-state index < -0.39 is 17.3 Å². The molecule has 2 aromatic rings. The lowest BCUT2D eigenvalue weighted by atomic mass is 9.90. The molecule has 21 heavy (non-hydrogen) atoms. The van der Waals surface area contributed by atoms with E-state index in [9.17, 15) is 14.3 Å². The predicted octanol–water partition coefficient (Wildman–Crippen LogP) is 3.33. The molecular weight excluding hydrogens is 271 g/mol. The van der Waals surface area contributed by atoms with Crippen LogP contribution in [0.5, 0.6) is 0 Å². The first-order chi connectivity index (χ1) is 9.98. The minimum atomic E-state index is -1.39. The number of nitrogens with zero attached hydrogens (tertiary/aromatic N) is 1. The molecule has 2 N–H and O–H groups in total. The summed E-state index contributed by atoms with van der Waals surface area (Å²) in [5, 5.41) is 12.7. The monoisotopic (exact) mass is 288 g/mol. The van der Waals surface area contributed by atoms with Crippen LogP contribution in [0.2, 0.25) is 0 Å². The van der Waals surface area contributed by atoms with Crippen molar-refractivity contribution in [2.45, 2.75) is 25.8 Å². The number of hydrogen-bond donors (Lipinski definition) is 2. The number of anilines is 1. The van der Waals surface area contributed by atoms with Crippen LogP contribution >= 0.6 is 0 Å². The maximum Gasteiger partial charge on any atom is 0.335 e. The zero-order chi connectivity index (χ0) is 15.5. The number of aryl methyl sites for hydroxylation is 1. The SMILES string of the molecule is CCC(Nc1ccc(C)cc1)(C(=O)O)c1ccc(F)cn1. The van der Waals surface area contributed by atoms with Crippen LogP contribution in [0.25, 0.3) is 0 Å². The Morgan fingerprint density at radius 1 is 1.29 bits per heavy atom. The van der Waals surface area contributed by atoms with Crippen LogP contribution in [0, 0.1) is 12.7 Å². The molecule has 0 spiro atoms. The zero-order valence-electron chi connectivity index (χ0n) is 11.9. The highest BCUT2D eigenvalue weighted by molar-refractivity contribution is 5.84. The topological polar surface area (TPSA) is 62.2 Å². The number of carboxylic acids is 1. The van der Waals surface area contributed by atoms with E-state index in [-0.39, 0.29) is 12.1 Å². The van der Waals surface area contributed by atoms with E-state index in [2.05, 4.69) is 10.3 Å². The molecule has 0 aliphatic rings. The van der Waals surface area contributed by atoms with Crippen LogP contribution < -0.4 is 5.32 Å². The van der Waals surface area contributed by atoms with Gasteiger partial charge in [0.25, 0.3) is 0 Å². The largest absolute Gasteiger partial charge is 0.479 e. The van der Waals surface area contributed by atoms with E-state index in [4.69, 9.17) is 0 Å². The Kier molecular flexibility index (Phi) is 4.21. The quantitative estimate of drug-likeness (QED) is 0.886. The molecule has 0 bridgehead atoms. The number of nitrogens with one attached hydrogen (secondary N) is 1. The van der Waals surface area contributed by atoms with Crippen molar-refractivity contribution in [3.8, 4) is 0 Å². The van der Waals surface area contributed by atoms with Crippen molar-refractivity contribution < 1.29 is 14.3 Å².